The van der Waals surface area contributed by atoms with Gasteiger partial charge in [0.05, 0.1) is 24.8 Å². The summed E-state index contributed by atoms with van der Waals surface area (Å²) >= 11 is 0. The van der Waals surface area contributed by atoms with E-state index in [4.69, 9.17) is 9.47 Å². The van der Waals surface area contributed by atoms with Crippen LogP contribution in [0.4, 0.5) is 5.69 Å². The normalized spacial score (nSPS) is 12.1. The lowest BCUT2D eigenvalue weighted by atomic mass is 10.0. The molecule has 2 amide bonds. The van der Waals surface area contributed by atoms with Crippen LogP contribution in [0.5, 0.6) is 11.5 Å². The predicted molar refractivity (Wildman–Crippen MR) is 184 cm³/mol. The zero-order valence-electron chi connectivity index (χ0n) is 27.8. The third-order valence-corrected chi connectivity index (χ3v) is 9.29. The molecular formula is C37H43N3O6S. The number of rotatable bonds is 13. The van der Waals surface area contributed by atoms with Crippen molar-refractivity contribution in [3.63, 3.8) is 0 Å². The van der Waals surface area contributed by atoms with Crippen molar-refractivity contribution in [2.45, 2.75) is 57.1 Å². The van der Waals surface area contributed by atoms with Gasteiger partial charge >= 0.3 is 0 Å². The molecule has 0 aromatic heterocycles. The van der Waals surface area contributed by atoms with Gasteiger partial charge in [0.1, 0.15) is 24.1 Å². The summed E-state index contributed by atoms with van der Waals surface area (Å²) in [6.45, 7) is 6.97. The van der Waals surface area contributed by atoms with Crippen LogP contribution in [0.3, 0.4) is 0 Å². The largest absolute Gasteiger partial charge is 0.497 e. The number of nitrogens with zero attached hydrogens (tertiary/aromatic N) is 2. The van der Waals surface area contributed by atoms with Crippen molar-refractivity contribution in [1.29, 1.82) is 0 Å². The Balaban J connectivity index is 1.83. The first kappa shape index (κ1) is 35.0. The van der Waals surface area contributed by atoms with Crippen molar-refractivity contribution < 1.29 is 27.5 Å². The molecule has 9 nitrogen and oxygen atoms in total. The first-order chi connectivity index (χ1) is 22.3. The predicted octanol–water partition coefficient (Wildman–Crippen LogP) is 5.76. The second-order valence-corrected chi connectivity index (χ2v) is 14.2. The molecular weight excluding hydrogens is 614 g/mol. The minimum Gasteiger partial charge on any atom is -0.497 e. The lowest BCUT2D eigenvalue weighted by Crippen LogP contribution is -2.56. The highest BCUT2D eigenvalue weighted by Gasteiger charge is 2.35. The zero-order valence-corrected chi connectivity index (χ0v) is 28.6. The maximum absolute atomic E-state index is 14.6. The van der Waals surface area contributed by atoms with Crippen LogP contribution in [-0.2, 0) is 32.6 Å². The smallest absolute Gasteiger partial charge is 0.264 e. The molecule has 0 spiro atoms. The average molecular weight is 658 g/mol. The number of amides is 2. The minimum absolute atomic E-state index is 0.0339. The van der Waals surface area contributed by atoms with E-state index in [0.29, 0.717) is 11.5 Å². The Morgan fingerprint density at radius 2 is 1.40 bits per heavy atom. The van der Waals surface area contributed by atoms with Crippen LogP contribution >= 0.6 is 0 Å². The summed E-state index contributed by atoms with van der Waals surface area (Å²) in [5, 5.41) is 3.04. The van der Waals surface area contributed by atoms with Crippen molar-refractivity contribution in [1.82, 2.24) is 10.2 Å². The molecule has 4 rings (SSSR count). The van der Waals surface area contributed by atoms with Gasteiger partial charge in [-0.1, -0.05) is 60.2 Å². The molecule has 0 aliphatic heterocycles. The number of hydrogen-bond donors (Lipinski definition) is 1. The number of benzene rings is 4. The van der Waals surface area contributed by atoms with Crippen molar-refractivity contribution >= 4 is 27.5 Å². The Bertz CT molecular complexity index is 1750. The number of nitrogens with one attached hydrogen (secondary N) is 1. The fourth-order valence-electron chi connectivity index (χ4n) is 5.09. The van der Waals surface area contributed by atoms with E-state index in [1.807, 2.05) is 70.2 Å². The molecule has 0 fully saturated rings. The van der Waals surface area contributed by atoms with Crippen LogP contribution in [0, 0.1) is 6.92 Å². The molecule has 0 heterocycles. The number of aryl methyl sites for hydroxylation is 1. The van der Waals surface area contributed by atoms with E-state index in [-0.39, 0.29) is 29.5 Å². The van der Waals surface area contributed by atoms with E-state index in [1.165, 1.54) is 24.1 Å². The SMILES string of the molecule is COc1ccc(N(CC(=O)N(Cc2cccc(OC)c2)C(Cc2ccccc2)C(=O)NC(C)(C)C)S(=O)(=O)c2ccc(C)cc2)cc1. The first-order valence-electron chi connectivity index (χ1n) is 15.3. The summed E-state index contributed by atoms with van der Waals surface area (Å²) in [6, 6.07) is 28.7. The highest BCUT2D eigenvalue weighted by molar-refractivity contribution is 7.92. The number of carbonyl (C=O) groups excluding carboxylic acids is 2. The molecule has 0 saturated heterocycles. The van der Waals surface area contributed by atoms with Crippen molar-refractivity contribution in [3.8, 4) is 11.5 Å². The van der Waals surface area contributed by atoms with Gasteiger partial charge in [-0.3, -0.25) is 13.9 Å². The molecule has 1 atom stereocenters. The van der Waals surface area contributed by atoms with Crippen molar-refractivity contribution in [2.75, 3.05) is 25.1 Å². The number of ether oxygens (including phenoxy) is 2. The highest BCUT2D eigenvalue weighted by Crippen LogP contribution is 2.27. The van der Waals surface area contributed by atoms with Crippen LogP contribution in [0.15, 0.2) is 108 Å². The van der Waals surface area contributed by atoms with Gasteiger partial charge in [-0.2, -0.15) is 0 Å². The number of anilines is 1. The van der Waals surface area contributed by atoms with E-state index in [1.54, 1.807) is 55.6 Å². The molecule has 0 saturated carbocycles. The van der Waals surface area contributed by atoms with Crippen LogP contribution in [0.1, 0.15) is 37.5 Å². The molecule has 47 heavy (non-hydrogen) atoms. The van der Waals surface area contributed by atoms with Crippen molar-refractivity contribution in [2.24, 2.45) is 0 Å². The van der Waals surface area contributed by atoms with Crippen molar-refractivity contribution in [3.05, 3.63) is 120 Å². The Labute approximate surface area is 278 Å². The number of carbonyl (C=O) groups is 2. The standard InChI is InChI=1S/C37H43N3O6S/c1-27-15-21-33(22-16-27)47(43,44)40(30-17-19-31(45-5)20-18-30)26-35(41)39(25-29-13-10-14-32(23-29)46-6)34(36(42)38-37(2,3)4)24-28-11-8-7-9-12-28/h7-23,34H,24-26H2,1-6H3,(H,38,42). The van der Waals surface area contributed by atoms with Gasteiger partial charge < -0.3 is 19.7 Å². The Kier molecular flexibility index (Phi) is 11.3. The average Bonchev–Trinajstić information content (AvgIpc) is 3.05. The molecule has 248 valence electrons. The van der Waals surface area contributed by atoms with E-state index in [9.17, 15) is 18.0 Å². The lowest BCUT2D eigenvalue weighted by Gasteiger charge is -2.35. The van der Waals surface area contributed by atoms with Crippen LogP contribution in [0.25, 0.3) is 0 Å². The molecule has 0 radical (unpaired) electrons. The molecule has 4 aromatic rings. The van der Waals surface area contributed by atoms with Crippen LogP contribution < -0.4 is 19.1 Å². The second-order valence-electron chi connectivity index (χ2n) is 12.3. The monoisotopic (exact) mass is 657 g/mol. The summed E-state index contributed by atoms with van der Waals surface area (Å²) in [6.07, 6.45) is 0.214. The van der Waals surface area contributed by atoms with Gasteiger partial charge in [0.2, 0.25) is 11.8 Å². The summed E-state index contributed by atoms with van der Waals surface area (Å²) < 4.78 is 40.2. The Morgan fingerprint density at radius 1 is 0.787 bits per heavy atom. The first-order valence-corrected chi connectivity index (χ1v) is 16.8. The maximum Gasteiger partial charge on any atom is 0.264 e. The third-order valence-electron chi connectivity index (χ3n) is 7.50. The Hall–Kier alpha value is -4.83. The van der Waals surface area contributed by atoms with E-state index in [0.717, 1.165) is 21.0 Å². The maximum atomic E-state index is 14.6. The van der Waals surface area contributed by atoms with Gasteiger partial charge in [0.25, 0.3) is 10.0 Å². The fraction of sp³-hybridized carbons (Fsp3) is 0.297. The third kappa shape index (κ3) is 9.36. The number of methoxy groups -OCH3 is 2. The topological polar surface area (TPSA) is 105 Å². The number of sulfonamides is 1. The highest BCUT2D eigenvalue weighted by atomic mass is 32.2. The van der Waals surface area contributed by atoms with E-state index >= 15 is 0 Å². The molecule has 1 N–H and O–H groups in total. The van der Waals surface area contributed by atoms with E-state index in [2.05, 4.69) is 5.32 Å². The minimum atomic E-state index is -4.21. The van der Waals surface area contributed by atoms with Gasteiger partial charge in [0, 0.05) is 18.5 Å². The quantitative estimate of drug-likeness (QED) is 0.196. The molecule has 0 aliphatic carbocycles. The van der Waals surface area contributed by atoms with Crippen LogP contribution in [-0.4, -0.2) is 57.5 Å². The summed E-state index contributed by atoms with van der Waals surface area (Å²) in [4.78, 5) is 30.2. The number of hydrogen-bond acceptors (Lipinski definition) is 6. The molecule has 4 aromatic carbocycles. The van der Waals surface area contributed by atoms with Crippen LogP contribution in [0.2, 0.25) is 0 Å². The molecule has 0 bridgehead atoms. The second kappa shape index (κ2) is 15.2. The fourth-order valence-corrected chi connectivity index (χ4v) is 6.50. The summed E-state index contributed by atoms with van der Waals surface area (Å²) in [5.41, 5.74) is 2.16. The summed E-state index contributed by atoms with van der Waals surface area (Å²) in [5.74, 6) is 0.226. The van der Waals surface area contributed by atoms with Gasteiger partial charge in [-0.15, -0.1) is 0 Å². The van der Waals surface area contributed by atoms with Gasteiger partial charge in [0.15, 0.2) is 0 Å². The molecule has 10 heteroatoms. The molecule has 1 unspecified atom stereocenters. The Morgan fingerprint density at radius 3 is 2.00 bits per heavy atom. The van der Waals surface area contributed by atoms with Gasteiger partial charge in [-0.25, -0.2) is 8.42 Å². The van der Waals surface area contributed by atoms with Gasteiger partial charge in [-0.05, 0) is 87.4 Å². The summed E-state index contributed by atoms with van der Waals surface area (Å²) in [7, 11) is -1.14. The molecule has 0 aliphatic rings. The zero-order chi connectivity index (χ0) is 34.2. The lowest BCUT2D eigenvalue weighted by molar-refractivity contribution is -0.140. The van der Waals surface area contributed by atoms with E-state index < -0.39 is 34.1 Å².